The number of hydrogen-bond donors (Lipinski definition) is 1. The predicted octanol–water partition coefficient (Wildman–Crippen LogP) is 8.18. The Labute approximate surface area is 201 Å². The van der Waals surface area contributed by atoms with Crippen LogP contribution in [-0.2, 0) is 0 Å². The fraction of sp³-hybridized carbons (Fsp3) is 0.621. The van der Waals surface area contributed by atoms with E-state index in [-0.39, 0.29) is 17.1 Å². The van der Waals surface area contributed by atoms with Crippen LogP contribution >= 0.6 is 0 Å². The lowest BCUT2D eigenvalue weighted by Crippen LogP contribution is -2.11. The van der Waals surface area contributed by atoms with E-state index in [2.05, 4.69) is 6.92 Å². The van der Waals surface area contributed by atoms with Crippen molar-refractivity contribution >= 4 is 0 Å². The van der Waals surface area contributed by atoms with Gasteiger partial charge in [-0.25, -0.2) is 0 Å². The zero-order chi connectivity index (χ0) is 23.6. The van der Waals surface area contributed by atoms with Crippen LogP contribution in [0.5, 0.6) is 11.6 Å². The second kappa shape index (κ2) is 17.3. The number of ether oxygens (including phenoxy) is 1. The molecule has 0 radical (unpaired) electrons. The van der Waals surface area contributed by atoms with Crippen LogP contribution in [-0.4, -0.2) is 16.3 Å². The van der Waals surface area contributed by atoms with Gasteiger partial charge in [0.1, 0.15) is 0 Å². The fourth-order valence-corrected chi connectivity index (χ4v) is 4.24. The summed E-state index contributed by atoms with van der Waals surface area (Å²) < 4.78 is 7.30. The summed E-state index contributed by atoms with van der Waals surface area (Å²) in [5, 5.41) is 10.1. The number of unbranched alkanes of at least 4 members (excludes halogenated alkanes) is 15. The smallest absolute Gasteiger partial charge is 0.227 e. The lowest BCUT2D eigenvalue weighted by molar-refractivity contribution is 0.298. The molecule has 1 aromatic carbocycles. The lowest BCUT2D eigenvalue weighted by atomic mass is 10.0. The fourth-order valence-electron chi connectivity index (χ4n) is 4.24. The Morgan fingerprint density at radius 2 is 1.21 bits per heavy atom. The van der Waals surface area contributed by atoms with Crippen molar-refractivity contribution < 1.29 is 9.84 Å². The second-order valence-electron chi connectivity index (χ2n) is 9.22. The molecule has 184 valence electrons. The molecule has 2 rings (SSSR count). The van der Waals surface area contributed by atoms with Crippen LogP contribution in [0.4, 0.5) is 0 Å². The van der Waals surface area contributed by atoms with Gasteiger partial charge >= 0.3 is 0 Å². The molecule has 0 aliphatic rings. The van der Waals surface area contributed by atoms with E-state index in [0.717, 1.165) is 18.5 Å². The molecule has 0 unspecified atom stereocenters. The molecular formula is C29H45NO3. The highest BCUT2D eigenvalue weighted by atomic mass is 16.5. The van der Waals surface area contributed by atoms with Crippen molar-refractivity contribution in [2.24, 2.45) is 0 Å². The molecule has 33 heavy (non-hydrogen) atoms. The number of aromatic hydroxyl groups is 1. The summed E-state index contributed by atoms with van der Waals surface area (Å²) in [6.07, 6.45) is 22.9. The first kappa shape index (κ1) is 27.0. The molecule has 0 aliphatic carbocycles. The van der Waals surface area contributed by atoms with Gasteiger partial charge in [0.05, 0.1) is 18.9 Å². The lowest BCUT2D eigenvalue weighted by Gasteiger charge is -2.12. The highest BCUT2D eigenvalue weighted by Crippen LogP contribution is 2.19. The van der Waals surface area contributed by atoms with E-state index in [0.29, 0.717) is 6.61 Å². The highest BCUT2D eigenvalue weighted by molar-refractivity contribution is 5.38. The maximum Gasteiger partial charge on any atom is 0.227 e. The molecule has 1 aromatic heterocycles. The van der Waals surface area contributed by atoms with Gasteiger partial charge in [0, 0.05) is 5.69 Å². The molecule has 0 atom stereocenters. The zero-order valence-electron chi connectivity index (χ0n) is 20.8. The molecular weight excluding hydrogens is 410 g/mol. The molecule has 4 nitrogen and oxygen atoms in total. The van der Waals surface area contributed by atoms with Crippen LogP contribution < -0.4 is 10.2 Å². The van der Waals surface area contributed by atoms with Crippen molar-refractivity contribution in [1.29, 1.82) is 0 Å². The molecule has 1 heterocycles. The standard InChI is InChI=1S/C29H45NO3/c1-2-3-4-5-6-7-8-9-10-11-12-13-14-15-16-20-23-33-28-25-30(29(32)24-27(28)31)26-21-18-17-19-22-26/h17-19,21-22,24-25,32H,2-16,20,23H2,1H3. The van der Waals surface area contributed by atoms with Crippen molar-refractivity contribution in [3.05, 3.63) is 52.8 Å². The van der Waals surface area contributed by atoms with Gasteiger partial charge in [0.25, 0.3) is 0 Å². The maximum absolute atomic E-state index is 12.1. The van der Waals surface area contributed by atoms with Gasteiger partial charge in [-0.1, -0.05) is 121 Å². The Bertz CT molecular complexity index is 800. The first-order valence-electron chi connectivity index (χ1n) is 13.4. The van der Waals surface area contributed by atoms with Gasteiger partial charge in [-0.05, 0) is 18.6 Å². The summed E-state index contributed by atoms with van der Waals surface area (Å²) in [5.74, 6) is 0.207. The summed E-state index contributed by atoms with van der Waals surface area (Å²) in [4.78, 5) is 12.1. The minimum absolute atomic E-state index is 0.0824. The van der Waals surface area contributed by atoms with E-state index in [1.165, 1.54) is 96.0 Å². The van der Waals surface area contributed by atoms with Crippen molar-refractivity contribution in [2.75, 3.05) is 6.61 Å². The van der Waals surface area contributed by atoms with Crippen LogP contribution in [0, 0.1) is 0 Å². The number of benzene rings is 1. The number of hydrogen-bond acceptors (Lipinski definition) is 3. The summed E-state index contributed by atoms with van der Waals surface area (Å²) in [6, 6.07) is 10.7. The van der Waals surface area contributed by atoms with Gasteiger partial charge in [-0.15, -0.1) is 0 Å². The van der Waals surface area contributed by atoms with Crippen molar-refractivity contribution in [3.8, 4) is 17.3 Å². The second-order valence-corrected chi connectivity index (χ2v) is 9.22. The van der Waals surface area contributed by atoms with Crippen LogP contribution in [0.1, 0.15) is 110 Å². The number of pyridine rings is 1. The maximum atomic E-state index is 12.1. The first-order chi connectivity index (χ1) is 16.2. The average molecular weight is 456 g/mol. The van der Waals surface area contributed by atoms with Crippen LogP contribution in [0.2, 0.25) is 0 Å². The number of para-hydroxylation sites is 1. The normalized spacial score (nSPS) is 11.1. The van der Waals surface area contributed by atoms with Gasteiger partial charge in [0.15, 0.2) is 11.6 Å². The minimum Gasteiger partial charge on any atom is -0.494 e. The van der Waals surface area contributed by atoms with Crippen LogP contribution in [0.15, 0.2) is 47.4 Å². The molecule has 2 aromatic rings. The van der Waals surface area contributed by atoms with E-state index in [9.17, 15) is 9.90 Å². The number of nitrogens with zero attached hydrogens (tertiary/aromatic N) is 1. The third-order valence-electron chi connectivity index (χ3n) is 6.29. The Hall–Kier alpha value is -2.23. The Morgan fingerprint density at radius 3 is 1.73 bits per heavy atom. The molecule has 0 bridgehead atoms. The molecule has 0 saturated heterocycles. The Kier molecular flexibility index (Phi) is 14.1. The zero-order valence-corrected chi connectivity index (χ0v) is 20.8. The largest absolute Gasteiger partial charge is 0.494 e. The first-order valence-corrected chi connectivity index (χ1v) is 13.4. The van der Waals surface area contributed by atoms with E-state index in [4.69, 9.17) is 4.74 Å². The van der Waals surface area contributed by atoms with Crippen LogP contribution in [0.3, 0.4) is 0 Å². The predicted molar refractivity (Wildman–Crippen MR) is 139 cm³/mol. The summed E-state index contributed by atoms with van der Waals surface area (Å²) >= 11 is 0. The van der Waals surface area contributed by atoms with Gasteiger partial charge in [-0.2, -0.15) is 0 Å². The molecule has 4 heteroatoms. The molecule has 0 saturated carbocycles. The Morgan fingerprint density at radius 1 is 0.727 bits per heavy atom. The highest BCUT2D eigenvalue weighted by Gasteiger charge is 2.08. The monoisotopic (exact) mass is 455 g/mol. The quantitative estimate of drug-likeness (QED) is 0.217. The average Bonchev–Trinajstić information content (AvgIpc) is 2.83. The van der Waals surface area contributed by atoms with Crippen molar-refractivity contribution in [1.82, 2.24) is 4.57 Å². The van der Waals surface area contributed by atoms with E-state index < -0.39 is 0 Å². The van der Waals surface area contributed by atoms with E-state index in [1.807, 2.05) is 30.3 Å². The third kappa shape index (κ3) is 11.5. The molecule has 0 aliphatic heterocycles. The van der Waals surface area contributed by atoms with Crippen molar-refractivity contribution in [3.63, 3.8) is 0 Å². The topological polar surface area (TPSA) is 51.5 Å². The summed E-state index contributed by atoms with van der Waals surface area (Å²) in [5.41, 5.74) is 0.512. The summed E-state index contributed by atoms with van der Waals surface area (Å²) in [7, 11) is 0. The number of rotatable bonds is 19. The molecule has 0 spiro atoms. The summed E-state index contributed by atoms with van der Waals surface area (Å²) in [6.45, 7) is 2.81. The van der Waals surface area contributed by atoms with Crippen molar-refractivity contribution in [2.45, 2.75) is 110 Å². The van der Waals surface area contributed by atoms with E-state index in [1.54, 1.807) is 10.8 Å². The minimum atomic E-state index is -0.281. The van der Waals surface area contributed by atoms with E-state index >= 15 is 0 Å². The van der Waals surface area contributed by atoms with Gasteiger partial charge in [0.2, 0.25) is 5.43 Å². The SMILES string of the molecule is CCCCCCCCCCCCCCCCCCOc1cn(-c2ccccc2)c(O)cc1=O. The molecule has 0 amide bonds. The molecule has 1 N–H and O–H groups in total. The third-order valence-corrected chi connectivity index (χ3v) is 6.29. The van der Waals surface area contributed by atoms with Crippen LogP contribution in [0.25, 0.3) is 5.69 Å². The van der Waals surface area contributed by atoms with Gasteiger partial charge in [-0.3, -0.25) is 9.36 Å². The molecule has 0 fully saturated rings. The van der Waals surface area contributed by atoms with Gasteiger partial charge < -0.3 is 9.84 Å². The Balaban J connectivity index is 1.47. The number of aromatic nitrogens is 1.